The summed E-state index contributed by atoms with van der Waals surface area (Å²) in [4.78, 5) is 16.4. The second kappa shape index (κ2) is 6.90. The van der Waals surface area contributed by atoms with Crippen molar-refractivity contribution >= 4 is 23.2 Å². The summed E-state index contributed by atoms with van der Waals surface area (Å²) in [5, 5.41) is 4.69. The van der Waals surface area contributed by atoms with Crippen LogP contribution in [0.2, 0.25) is 5.02 Å². The van der Waals surface area contributed by atoms with Crippen LogP contribution in [0.4, 0.5) is 0 Å². The van der Waals surface area contributed by atoms with Crippen LogP contribution >= 0.6 is 11.6 Å². The van der Waals surface area contributed by atoms with Gasteiger partial charge in [0.25, 0.3) is 0 Å². The molecule has 0 heterocycles. The van der Waals surface area contributed by atoms with Gasteiger partial charge in [0.05, 0.1) is 5.71 Å². The van der Waals surface area contributed by atoms with E-state index in [4.69, 9.17) is 22.2 Å². The minimum atomic E-state index is -0.460. The van der Waals surface area contributed by atoms with Gasteiger partial charge in [-0.1, -0.05) is 47.1 Å². The van der Waals surface area contributed by atoms with Gasteiger partial charge in [-0.15, -0.1) is 0 Å². The van der Waals surface area contributed by atoms with E-state index < -0.39 is 5.91 Å². The molecule has 21 heavy (non-hydrogen) atoms. The van der Waals surface area contributed by atoms with Crippen LogP contribution in [0.3, 0.4) is 0 Å². The van der Waals surface area contributed by atoms with Crippen molar-refractivity contribution in [3.05, 3.63) is 70.2 Å². The molecule has 0 spiro atoms. The van der Waals surface area contributed by atoms with Gasteiger partial charge in [0.15, 0.2) is 0 Å². The zero-order valence-electron chi connectivity index (χ0n) is 11.5. The number of carbonyl (C=O) groups excluding carboxylic acids is 1. The Bertz CT molecular complexity index is 666. The Morgan fingerprint density at radius 3 is 2.48 bits per heavy atom. The van der Waals surface area contributed by atoms with Crippen molar-refractivity contribution in [1.82, 2.24) is 0 Å². The lowest BCUT2D eigenvalue weighted by atomic mass is 9.98. The normalized spacial score (nSPS) is 11.2. The smallest absolute Gasteiger partial charge is 0.248 e. The Morgan fingerprint density at radius 2 is 1.86 bits per heavy atom. The van der Waals surface area contributed by atoms with Crippen LogP contribution in [0.1, 0.15) is 21.5 Å². The first kappa shape index (κ1) is 15.1. The fourth-order valence-electron chi connectivity index (χ4n) is 2.03. The molecule has 5 heteroatoms. The van der Waals surface area contributed by atoms with Gasteiger partial charge in [-0.25, -0.2) is 0 Å². The third-order valence-electron chi connectivity index (χ3n) is 3.02. The maximum Gasteiger partial charge on any atom is 0.248 e. The number of hydrogen-bond acceptors (Lipinski definition) is 3. The standard InChI is InChI=1S/C16H15ClN2O2/c1-21-19-15(11-6-8-13(17)9-7-11)10-12-4-2-3-5-14(12)16(18)20/h2-9H,10H2,1H3,(H2,18,20). The molecule has 0 aromatic heterocycles. The third-order valence-corrected chi connectivity index (χ3v) is 3.27. The quantitative estimate of drug-likeness (QED) is 0.681. The summed E-state index contributed by atoms with van der Waals surface area (Å²) in [7, 11) is 1.48. The minimum Gasteiger partial charge on any atom is -0.399 e. The molecule has 0 saturated carbocycles. The lowest BCUT2D eigenvalue weighted by Crippen LogP contribution is -2.16. The Kier molecular flexibility index (Phi) is 4.95. The molecule has 2 N–H and O–H groups in total. The number of halogens is 1. The molecule has 0 fully saturated rings. The van der Waals surface area contributed by atoms with E-state index in [1.165, 1.54) is 7.11 Å². The van der Waals surface area contributed by atoms with Crippen LogP contribution < -0.4 is 5.73 Å². The number of hydrogen-bond donors (Lipinski definition) is 1. The van der Waals surface area contributed by atoms with Crippen LogP contribution in [0.5, 0.6) is 0 Å². The van der Waals surface area contributed by atoms with Crippen molar-refractivity contribution < 1.29 is 9.63 Å². The molecule has 108 valence electrons. The number of benzene rings is 2. The molecule has 2 aromatic rings. The second-order valence-electron chi connectivity index (χ2n) is 4.43. The van der Waals surface area contributed by atoms with Gasteiger partial charge in [-0.3, -0.25) is 4.79 Å². The van der Waals surface area contributed by atoms with Gasteiger partial charge in [-0.05, 0) is 29.3 Å². The molecule has 0 aliphatic carbocycles. The summed E-state index contributed by atoms with van der Waals surface area (Å²) in [6.07, 6.45) is 0.439. The highest BCUT2D eigenvalue weighted by Crippen LogP contribution is 2.15. The van der Waals surface area contributed by atoms with E-state index in [0.717, 1.165) is 11.1 Å². The Hall–Kier alpha value is -2.33. The van der Waals surface area contributed by atoms with E-state index in [0.29, 0.717) is 22.7 Å². The summed E-state index contributed by atoms with van der Waals surface area (Å²) >= 11 is 5.89. The topological polar surface area (TPSA) is 64.7 Å². The fraction of sp³-hybridized carbons (Fsp3) is 0.125. The van der Waals surface area contributed by atoms with Crippen molar-refractivity contribution in [3.8, 4) is 0 Å². The molecule has 4 nitrogen and oxygen atoms in total. The van der Waals surface area contributed by atoms with E-state index in [9.17, 15) is 4.79 Å². The molecule has 2 rings (SSSR count). The monoisotopic (exact) mass is 302 g/mol. The highest BCUT2D eigenvalue weighted by molar-refractivity contribution is 6.30. The van der Waals surface area contributed by atoms with Crippen molar-refractivity contribution in [3.63, 3.8) is 0 Å². The first-order valence-corrected chi connectivity index (χ1v) is 6.73. The molecule has 0 bridgehead atoms. The number of amides is 1. The predicted molar refractivity (Wildman–Crippen MR) is 83.7 cm³/mol. The number of nitrogens with two attached hydrogens (primary N) is 1. The van der Waals surface area contributed by atoms with E-state index in [1.54, 1.807) is 24.3 Å². The molecule has 0 aliphatic heterocycles. The number of oxime groups is 1. The first-order valence-electron chi connectivity index (χ1n) is 6.35. The van der Waals surface area contributed by atoms with Gasteiger partial charge >= 0.3 is 0 Å². The Balaban J connectivity index is 2.36. The maximum absolute atomic E-state index is 11.5. The largest absolute Gasteiger partial charge is 0.399 e. The maximum atomic E-state index is 11.5. The lowest BCUT2D eigenvalue weighted by molar-refractivity contribution is 0.0999. The van der Waals surface area contributed by atoms with Crippen molar-refractivity contribution in [2.45, 2.75) is 6.42 Å². The molecule has 0 unspecified atom stereocenters. The number of primary amides is 1. The molecule has 0 aliphatic rings. The van der Waals surface area contributed by atoms with Crippen LogP contribution in [0.25, 0.3) is 0 Å². The number of nitrogens with zero attached hydrogens (tertiary/aromatic N) is 1. The molecular formula is C16H15ClN2O2. The Labute approximate surface area is 128 Å². The third kappa shape index (κ3) is 3.83. The van der Waals surface area contributed by atoms with Gasteiger partial charge in [0, 0.05) is 17.0 Å². The molecule has 2 aromatic carbocycles. The molecule has 0 atom stereocenters. The van der Waals surface area contributed by atoms with Crippen LogP contribution in [0.15, 0.2) is 53.7 Å². The highest BCUT2D eigenvalue weighted by Gasteiger charge is 2.12. The first-order chi connectivity index (χ1) is 10.1. The van der Waals surface area contributed by atoms with Crippen molar-refractivity contribution in [2.75, 3.05) is 7.11 Å². The molecular weight excluding hydrogens is 288 g/mol. The van der Waals surface area contributed by atoms with E-state index >= 15 is 0 Å². The summed E-state index contributed by atoms with van der Waals surface area (Å²) < 4.78 is 0. The highest BCUT2D eigenvalue weighted by atomic mass is 35.5. The van der Waals surface area contributed by atoms with Crippen LogP contribution in [-0.2, 0) is 11.3 Å². The average Bonchev–Trinajstić information content (AvgIpc) is 2.48. The van der Waals surface area contributed by atoms with Gasteiger partial charge in [-0.2, -0.15) is 0 Å². The number of carbonyl (C=O) groups is 1. The summed E-state index contributed by atoms with van der Waals surface area (Å²) in [6, 6.07) is 14.4. The van der Waals surface area contributed by atoms with Crippen LogP contribution in [-0.4, -0.2) is 18.7 Å². The van der Waals surface area contributed by atoms with Crippen LogP contribution in [0, 0.1) is 0 Å². The van der Waals surface area contributed by atoms with Crippen molar-refractivity contribution in [2.24, 2.45) is 10.9 Å². The lowest BCUT2D eigenvalue weighted by Gasteiger charge is -2.09. The SMILES string of the molecule is CON=C(Cc1ccccc1C(N)=O)c1ccc(Cl)cc1. The van der Waals surface area contributed by atoms with Crippen molar-refractivity contribution in [1.29, 1.82) is 0 Å². The zero-order chi connectivity index (χ0) is 15.2. The second-order valence-corrected chi connectivity index (χ2v) is 4.86. The van der Waals surface area contributed by atoms with E-state index in [-0.39, 0.29) is 0 Å². The van der Waals surface area contributed by atoms with Gasteiger partial charge in [0.2, 0.25) is 5.91 Å². The summed E-state index contributed by atoms with van der Waals surface area (Å²) in [5.74, 6) is -0.460. The Morgan fingerprint density at radius 1 is 1.19 bits per heavy atom. The summed E-state index contributed by atoms with van der Waals surface area (Å²) in [6.45, 7) is 0. The number of rotatable bonds is 5. The fourth-order valence-corrected chi connectivity index (χ4v) is 2.16. The zero-order valence-corrected chi connectivity index (χ0v) is 12.3. The van der Waals surface area contributed by atoms with E-state index in [2.05, 4.69) is 5.16 Å². The predicted octanol–water partition coefficient (Wildman–Crippen LogP) is 3.03. The van der Waals surface area contributed by atoms with Gasteiger partial charge < -0.3 is 10.6 Å². The van der Waals surface area contributed by atoms with E-state index in [1.807, 2.05) is 24.3 Å². The molecule has 1 amide bonds. The molecule has 0 saturated heterocycles. The molecule has 0 radical (unpaired) electrons. The van der Waals surface area contributed by atoms with Gasteiger partial charge in [0.1, 0.15) is 7.11 Å². The summed E-state index contributed by atoms with van der Waals surface area (Å²) in [5.41, 5.74) is 8.25. The average molecular weight is 303 g/mol. The minimum absolute atomic E-state index is 0.439.